The average molecular weight is 328 g/mol. The number of hydrogen-bond acceptors (Lipinski definition) is 4. The van der Waals surface area contributed by atoms with Crippen LogP contribution in [0.15, 0.2) is 18.2 Å². The van der Waals surface area contributed by atoms with Gasteiger partial charge in [-0.15, -0.1) is 0 Å². The van der Waals surface area contributed by atoms with Gasteiger partial charge >= 0.3 is 5.97 Å². The molecule has 0 radical (unpaired) electrons. The van der Waals surface area contributed by atoms with E-state index < -0.39 is 11.4 Å². The van der Waals surface area contributed by atoms with Gasteiger partial charge in [0.05, 0.1) is 18.1 Å². The molecule has 120 valence electrons. The van der Waals surface area contributed by atoms with Crippen LogP contribution in [0.1, 0.15) is 23.2 Å². The summed E-state index contributed by atoms with van der Waals surface area (Å²) in [5.74, 6) is -0.957. The van der Waals surface area contributed by atoms with E-state index in [0.717, 1.165) is 0 Å². The minimum Gasteiger partial charge on any atom is -0.496 e. The van der Waals surface area contributed by atoms with Crippen molar-refractivity contribution in [1.29, 1.82) is 0 Å². The number of methoxy groups -OCH3 is 1. The van der Waals surface area contributed by atoms with E-state index in [0.29, 0.717) is 42.4 Å². The minimum absolute atomic E-state index is 0.0519. The summed E-state index contributed by atoms with van der Waals surface area (Å²) in [4.78, 5) is 23.8. The smallest absolute Gasteiger partial charge is 0.311 e. The van der Waals surface area contributed by atoms with Gasteiger partial charge in [-0.05, 0) is 31.0 Å². The Morgan fingerprint density at radius 1 is 1.41 bits per heavy atom. The van der Waals surface area contributed by atoms with Crippen molar-refractivity contribution in [1.82, 2.24) is 5.32 Å². The first-order valence-corrected chi connectivity index (χ1v) is 7.29. The molecule has 0 bridgehead atoms. The number of rotatable bonds is 5. The third-order valence-electron chi connectivity index (χ3n) is 3.90. The number of aliphatic carboxylic acids is 1. The summed E-state index contributed by atoms with van der Waals surface area (Å²) in [7, 11) is 1.44. The molecule has 1 heterocycles. The summed E-state index contributed by atoms with van der Waals surface area (Å²) in [5, 5.41) is 12.6. The number of carbonyl (C=O) groups is 2. The topological polar surface area (TPSA) is 84.9 Å². The molecule has 22 heavy (non-hydrogen) atoms. The fourth-order valence-corrected chi connectivity index (χ4v) is 2.59. The van der Waals surface area contributed by atoms with Crippen LogP contribution in [-0.2, 0) is 9.53 Å². The van der Waals surface area contributed by atoms with Crippen molar-refractivity contribution in [3.05, 3.63) is 28.8 Å². The number of benzene rings is 1. The van der Waals surface area contributed by atoms with Crippen LogP contribution in [0.5, 0.6) is 5.75 Å². The maximum atomic E-state index is 12.3. The highest BCUT2D eigenvalue weighted by atomic mass is 35.5. The second-order valence-electron chi connectivity index (χ2n) is 5.23. The largest absolute Gasteiger partial charge is 0.496 e. The van der Waals surface area contributed by atoms with Gasteiger partial charge in [0.2, 0.25) is 0 Å². The van der Waals surface area contributed by atoms with E-state index in [1.165, 1.54) is 13.2 Å². The van der Waals surface area contributed by atoms with Crippen molar-refractivity contribution in [3.8, 4) is 5.75 Å². The van der Waals surface area contributed by atoms with Crippen molar-refractivity contribution in [2.75, 3.05) is 26.9 Å². The zero-order valence-corrected chi connectivity index (χ0v) is 13.0. The number of carboxylic acid groups (broad SMARTS) is 1. The number of carboxylic acids is 1. The van der Waals surface area contributed by atoms with Crippen LogP contribution in [0.2, 0.25) is 5.02 Å². The van der Waals surface area contributed by atoms with Gasteiger partial charge in [-0.25, -0.2) is 0 Å². The SMILES string of the molecule is COc1cc(Cl)ccc1C(=O)NCC1(C(=O)O)CCOCC1. The summed E-state index contributed by atoms with van der Waals surface area (Å²) >= 11 is 5.86. The maximum absolute atomic E-state index is 12.3. The lowest BCUT2D eigenvalue weighted by molar-refractivity contribution is -0.154. The Balaban J connectivity index is 2.10. The van der Waals surface area contributed by atoms with Crippen LogP contribution < -0.4 is 10.1 Å². The monoisotopic (exact) mass is 327 g/mol. The standard InChI is InChI=1S/C15H18ClNO5/c1-21-12-8-10(16)2-3-11(12)13(18)17-9-15(14(19)20)4-6-22-7-5-15/h2-3,8H,4-7,9H2,1H3,(H,17,18)(H,19,20). The molecule has 1 amide bonds. The molecular formula is C15H18ClNO5. The number of ether oxygens (including phenoxy) is 2. The van der Waals surface area contributed by atoms with Crippen molar-refractivity contribution in [2.45, 2.75) is 12.8 Å². The first-order chi connectivity index (χ1) is 10.5. The van der Waals surface area contributed by atoms with Gasteiger partial charge in [-0.3, -0.25) is 9.59 Å². The third kappa shape index (κ3) is 3.51. The molecule has 0 aromatic heterocycles. The van der Waals surface area contributed by atoms with Crippen LogP contribution in [0, 0.1) is 5.41 Å². The fourth-order valence-electron chi connectivity index (χ4n) is 2.43. The van der Waals surface area contributed by atoms with Gasteiger partial charge < -0.3 is 19.9 Å². The van der Waals surface area contributed by atoms with Crippen LogP contribution in [0.4, 0.5) is 0 Å². The van der Waals surface area contributed by atoms with Crippen molar-refractivity contribution < 1.29 is 24.2 Å². The van der Waals surface area contributed by atoms with Gasteiger partial charge in [-0.1, -0.05) is 11.6 Å². The minimum atomic E-state index is -0.979. The molecule has 1 aromatic carbocycles. The lowest BCUT2D eigenvalue weighted by Gasteiger charge is -2.33. The lowest BCUT2D eigenvalue weighted by Crippen LogP contribution is -2.46. The van der Waals surface area contributed by atoms with Crippen molar-refractivity contribution in [2.24, 2.45) is 5.41 Å². The molecule has 1 aromatic rings. The molecule has 1 fully saturated rings. The van der Waals surface area contributed by atoms with E-state index in [1.807, 2.05) is 0 Å². The Morgan fingerprint density at radius 2 is 2.09 bits per heavy atom. The molecule has 1 aliphatic rings. The zero-order chi connectivity index (χ0) is 16.2. The number of hydrogen-bond donors (Lipinski definition) is 2. The molecule has 7 heteroatoms. The van der Waals surface area contributed by atoms with Crippen LogP contribution in [0.25, 0.3) is 0 Å². The molecule has 2 N–H and O–H groups in total. The number of carbonyl (C=O) groups excluding carboxylic acids is 1. The van der Waals surface area contributed by atoms with Gasteiger partial charge in [0.15, 0.2) is 0 Å². The Kier molecular flexibility index (Phi) is 5.26. The molecule has 0 saturated carbocycles. The second-order valence-corrected chi connectivity index (χ2v) is 5.66. The molecule has 6 nitrogen and oxygen atoms in total. The van der Waals surface area contributed by atoms with Crippen LogP contribution >= 0.6 is 11.6 Å². The quantitative estimate of drug-likeness (QED) is 0.863. The second kappa shape index (κ2) is 6.98. The molecule has 0 spiro atoms. The first kappa shape index (κ1) is 16.6. The molecular weight excluding hydrogens is 310 g/mol. The Labute approximate surface area is 133 Å². The average Bonchev–Trinajstić information content (AvgIpc) is 2.53. The van der Waals surface area contributed by atoms with E-state index in [9.17, 15) is 14.7 Å². The molecule has 2 rings (SSSR count). The highest BCUT2D eigenvalue weighted by Crippen LogP contribution is 2.30. The highest BCUT2D eigenvalue weighted by Gasteiger charge is 2.40. The van der Waals surface area contributed by atoms with E-state index in [-0.39, 0.29) is 12.5 Å². The highest BCUT2D eigenvalue weighted by molar-refractivity contribution is 6.30. The van der Waals surface area contributed by atoms with E-state index in [1.54, 1.807) is 12.1 Å². The maximum Gasteiger partial charge on any atom is 0.311 e. The van der Waals surface area contributed by atoms with Gasteiger partial charge in [0, 0.05) is 24.8 Å². The first-order valence-electron chi connectivity index (χ1n) is 6.91. The number of nitrogens with one attached hydrogen (secondary N) is 1. The predicted octanol–water partition coefficient (Wildman–Crippen LogP) is 1.96. The van der Waals surface area contributed by atoms with Crippen LogP contribution in [0.3, 0.4) is 0 Å². The lowest BCUT2D eigenvalue weighted by atomic mass is 9.80. The van der Waals surface area contributed by atoms with E-state index in [4.69, 9.17) is 21.1 Å². The zero-order valence-electron chi connectivity index (χ0n) is 12.2. The molecule has 0 aliphatic carbocycles. The predicted molar refractivity (Wildman–Crippen MR) is 80.5 cm³/mol. The fraction of sp³-hybridized carbons (Fsp3) is 0.467. The van der Waals surface area contributed by atoms with Gasteiger partial charge in [-0.2, -0.15) is 0 Å². The summed E-state index contributed by atoms with van der Waals surface area (Å²) in [6.07, 6.45) is 0.751. The molecule has 1 aliphatic heterocycles. The molecule has 0 atom stereocenters. The van der Waals surface area contributed by atoms with Crippen molar-refractivity contribution >= 4 is 23.5 Å². The number of amides is 1. The van der Waals surface area contributed by atoms with E-state index in [2.05, 4.69) is 5.32 Å². The van der Waals surface area contributed by atoms with Gasteiger partial charge in [0.1, 0.15) is 5.75 Å². The Morgan fingerprint density at radius 3 is 2.68 bits per heavy atom. The summed E-state index contributed by atoms with van der Waals surface area (Å²) < 4.78 is 10.3. The normalized spacial score (nSPS) is 16.8. The molecule has 1 saturated heterocycles. The van der Waals surface area contributed by atoms with Crippen molar-refractivity contribution in [3.63, 3.8) is 0 Å². The summed E-state index contributed by atoms with van der Waals surface area (Å²) in [5.41, 5.74) is -0.660. The summed E-state index contributed by atoms with van der Waals surface area (Å²) in [6, 6.07) is 4.67. The van der Waals surface area contributed by atoms with Gasteiger partial charge in [0.25, 0.3) is 5.91 Å². The summed E-state index contributed by atoms with van der Waals surface area (Å²) in [6.45, 7) is 0.815. The van der Waals surface area contributed by atoms with Crippen LogP contribution in [-0.4, -0.2) is 43.9 Å². The number of halogens is 1. The molecule has 0 unspecified atom stereocenters. The van der Waals surface area contributed by atoms with E-state index >= 15 is 0 Å². The third-order valence-corrected chi connectivity index (χ3v) is 4.13. The Hall–Kier alpha value is -1.79. The Bertz CT molecular complexity index is 569.